The largest absolute Gasteiger partial charge is 0.476 e. The molecule has 106 valence electrons. The van der Waals surface area contributed by atoms with Crippen molar-refractivity contribution >= 4 is 5.82 Å². The Hall–Kier alpha value is -1.36. The van der Waals surface area contributed by atoms with Gasteiger partial charge in [0.05, 0.1) is 5.56 Å². The van der Waals surface area contributed by atoms with Crippen molar-refractivity contribution in [2.75, 3.05) is 32.6 Å². The molecular weight excluding hydrogens is 240 g/mol. The molecule has 1 saturated heterocycles. The minimum absolute atomic E-state index is 0.501. The van der Waals surface area contributed by atoms with Crippen LogP contribution in [0, 0.1) is 13.8 Å². The van der Waals surface area contributed by atoms with E-state index in [4.69, 9.17) is 4.74 Å². The normalized spacial score (nSPS) is 20.3. The molecule has 0 amide bonds. The first-order valence-corrected chi connectivity index (χ1v) is 6.98. The van der Waals surface area contributed by atoms with Gasteiger partial charge in [0.25, 0.3) is 0 Å². The highest BCUT2D eigenvalue weighted by Gasteiger charge is 2.20. The van der Waals surface area contributed by atoms with Gasteiger partial charge in [0, 0.05) is 13.1 Å². The number of hydrogen-bond donors (Lipinski definition) is 1. The Labute approximate surface area is 115 Å². The molecule has 0 spiro atoms. The van der Waals surface area contributed by atoms with Gasteiger partial charge in [-0.3, -0.25) is 0 Å². The maximum absolute atomic E-state index is 5.94. The van der Waals surface area contributed by atoms with Crippen LogP contribution in [-0.2, 0) is 0 Å². The predicted molar refractivity (Wildman–Crippen MR) is 76.8 cm³/mol. The zero-order valence-electron chi connectivity index (χ0n) is 12.4. The molecule has 1 atom stereocenters. The zero-order valence-corrected chi connectivity index (χ0v) is 12.4. The van der Waals surface area contributed by atoms with E-state index in [1.54, 1.807) is 0 Å². The van der Waals surface area contributed by atoms with Gasteiger partial charge in [-0.05, 0) is 40.3 Å². The van der Waals surface area contributed by atoms with E-state index in [-0.39, 0.29) is 0 Å². The summed E-state index contributed by atoms with van der Waals surface area (Å²) >= 11 is 0. The number of likely N-dealkylation sites (tertiary alicyclic amines) is 1. The number of aromatic nitrogens is 2. The summed E-state index contributed by atoms with van der Waals surface area (Å²) in [7, 11) is 4.04. The average Bonchev–Trinajstić information content (AvgIpc) is 2.41. The van der Waals surface area contributed by atoms with Crippen molar-refractivity contribution in [3.63, 3.8) is 0 Å². The molecule has 1 aliphatic rings. The van der Waals surface area contributed by atoms with Gasteiger partial charge >= 0.3 is 0 Å². The van der Waals surface area contributed by atoms with E-state index in [1.807, 2.05) is 20.9 Å². The maximum Gasteiger partial charge on any atom is 0.221 e. The topological polar surface area (TPSA) is 50.3 Å². The number of ether oxygens (including phenoxy) is 1. The molecule has 1 N–H and O–H groups in total. The van der Waals surface area contributed by atoms with Crippen LogP contribution in [0.25, 0.3) is 0 Å². The first-order valence-electron chi connectivity index (χ1n) is 6.98. The lowest BCUT2D eigenvalue weighted by molar-refractivity contribution is 0.122. The van der Waals surface area contributed by atoms with Crippen LogP contribution in [-0.4, -0.2) is 48.2 Å². The fourth-order valence-electron chi connectivity index (χ4n) is 2.52. The number of piperidine rings is 1. The highest BCUT2D eigenvalue weighted by molar-refractivity contribution is 5.47. The van der Waals surface area contributed by atoms with Crippen LogP contribution in [0.4, 0.5) is 5.82 Å². The van der Waals surface area contributed by atoms with Crippen LogP contribution < -0.4 is 10.1 Å². The summed E-state index contributed by atoms with van der Waals surface area (Å²) in [6.07, 6.45) is 3.79. The Morgan fingerprint density at radius 2 is 2.11 bits per heavy atom. The van der Waals surface area contributed by atoms with E-state index >= 15 is 0 Å². The van der Waals surface area contributed by atoms with E-state index in [0.29, 0.717) is 18.5 Å². The van der Waals surface area contributed by atoms with Crippen molar-refractivity contribution in [3.8, 4) is 5.88 Å². The van der Waals surface area contributed by atoms with Gasteiger partial charge in [-0.15, -0.1) is 0 Å². The summed E-state index contributed by atoms with van der Waals surface area (Å²) in [5.41, 5.74) is 0.978. The van der Waals surface area contributed by atoms with Crippen LogP contribution in [0.3, 0.4) is 0 Å². The minimum atomic E-state index is 0.501. The third-order valence-corrected chi connectivity index (χ3v) is 3.78. The van der Waals surface area contributed by atoms with Crippen LogP contribution in [0.15, 0.2) is 0 Å². The SMILES string of the molecule is CNc1nc(C)nc(OCC2CCCCN2C)c1C. The monoisotopic (exact) mass is 264 g/mol. The predicted octanol–water partition coefficient (Wildman–Crippen LogP) is 2.00. The Morgan fingerprint density at radius 3 is 2.79 bits per heavy atom. The second-order valence-corrected chi connectivity index (χ2v) is 5.24. The van der Waals surface area contributed by atoms with Gasteiger partial charge in [0.15, 0.2) is 0 Å². The standard InChI is InChI=1S/C14H24N4O/c1-10-13(15-3)16-11(2)17-14(10)19-9-12-7-5-6-8-18(12)4/h12H,5-9H2,1-4H3,(H,15,16,17). The second kappa shape index (κ2) is 6.19. The Balaban J connectivity index is 2.04. The Kier molecular flexibility index (Phi) is 4.58. The van der Waals surface area contributed by atoms with Crippen LogP contribution in [0.1, 0.15) is 30.7 Å². The molecular formula is C14H24N4O. The highest BCUT2D eigenvalue weighted by Crippen LogP contribution is 2.23. The lowest BCUT2D eigenvalue weighted by Crippen LogP contribution is -2.40. The third-order valence-electron chi connectivity index (χ3n) is 3.78. The van der Waals surface area contributed by atoms with E-state index in [9.17, 15) is 0 Å². The van der Waals surface area contributed by atoms with Crippen LogP contribution >= 0.6 is 0 Å². The number of nitrogens with zero attached hydrogens (tertiary/aromatic N) is 3. The molecule has 5 heteroatoms. The molecule has 2 heterocycles. The Morgan fingerprint density at radius 1 is 1.32 bits per heavy atom. The summed E-state index contributed by atoms with van der Waals surface area (Å²) < 4.78 is 5.94. The van der Waals surface area contributed by atoms with Crippen molar-refractivity contribution in [3.05, 3.63) is 11.4 Å². The lowest BCUT2D eigenvalue weighted by Gasteiger charge is -2.32. The molecule has 0 bridgehead atoms. The van der Waals surface area contributed by atoms with Gasteiger partial charge in [-0.2, -0.15) is 4.98 Å². The van der Waals surface area contributed by atoms with Crippen molar-refractivity contribution < 1.29 is 4.74 Å². The summed E-state index contributed by atoms with van der Waals surface area (Å²) in [6, 6.07) is 0.501. The van der Waals surface area contributed by atoms with Gasteiger partial charge < -0.3 is 15.0 Å². The molecule has 1 aromatic rings. The molecule has 0 aliphatic carbocycles. The second-order valence-electron chi connectivity index (χ2n) is 5.24. The number of hydrogen-bond acceptors (Lipinski definition) is 5. The third kappa shape index (κ3) is 3.35. The molecule has 0 aromatic carbocycles. The molecule has 0 saturated carbocycles. The van der Waals surface area contributed by atoms with Gasteiger partial charge in [-0.1, -0.05) is 6.42 Å². The van der Waals surface area contributed by atoms with E-state index in [1.165, 1.54) is 19.3 Å². The fraction of sp³-hybridized carbons (Fsp3) is 0.714. The molecule has 1 aliphatic heterocycles. The molecule has 1 unspecified atom stereocenters. The number of aryl methyl sites for hydroxylation is 1. The van der Waals surface area contributed by atoms with Crippen LogP contribution in [0.2, 0.25) is 0 Å². The van der Waals surface area contributed by atoms with E-state index in [2.05, 4.69) is 27.2 Å². The summed E-state index contributed by atoms with van der Waals surface area (Å²) in [4.78, 5) is 11.1. The first-order chi connectivity index (χ1) is 9.11. The smallest absolute Gasteiger partial charge is 0.221 e. The number of likely N-dealkylation sites (N-methyl/N-ethyl adjacent to an activating group) is 1. The van der Waals surface area contributed by atoms with E-state index < -0.39 is 0 Å². The van der Waals surface area contributed by atoms with Crippen molar-refractivity contribution in [1.82, 2.24) is 14.9 Å². The summed E-state index contributed by atoms with van der Waals surface area (Å²) in [5.74, 6) is 2.29. The lowest BCUT2D eigenvalue weighted by atomic mass is 10.0. The van der Waals surface area contributed by atoms with Crippen molar-refractivity contribution in [1.29, 1.82) is 0 Å². The van der Waals surface area contributed by atoms with Gasteiger partial charge in [-0.25, -0.2) is 4.98 Å². The molecule has 1 aromatic heterocycles. The molecule has 19 heavy (non-hydrogen) atoms. The maximum atomic E-state index is 5.94. The molecule has 5 nitrogen and oxygen atoms in total. The summed E-state index contributed by atoms with van der Waals surface area (Å²) in [5, 5.41) is 3.08. The average molecular weight is 264 g/mol. The number of anilines is 1. The van der Waals surface area contributed by atoms with E-state index in [0.717, 1.165) is 23.8 Å². The Bertz CT molecular complexity index is 436. The van der Waals surface area contributed by atoms with Gasteiger partial charge in [0.2, 0.25) is 5.88 Å². The minimum Gasteiger partial charge on any atom is -0.476 e. The molecule has 1 fully saturated rings. The molecule has 2 rings (SSSR count). The molecule has 0 radical (unpaired) electrons. The number of rotatable bonds is 4. The van der Waals surface area contributed by atoms with Crippen LogP contribution in [0.5, 0.6) is 5.88 Å². The van der Waals surface area contributed by atoms with Gasteiger partial charge in [0.1, 0.15) is 18.2 Å². The van der Waals surface area contributed by atoms with Crippen molar-refractivity contribution in [2.45, 2.75) is 39.2 Å². The highest BCUT2D eigenvalue weighted by atomic mass is 16.5. The van der Waals surface area contributed by atoms with Crippen molar-refractivity contribution in [2.24, 2.45) is 0 Å². The fourth-order valence-corrected chi connectivity index (χ4v) is 2.52. The quantitative estimate of drug-likeness (QED) is 0.901. The zero-order chi connectivity index (χ0) is 13.8. The first kappa shape index (κ1) is 14.1. The number of nitrogens with one attached hydrogen (secondary N) is 1. The summed E-state index contributed by atoms with van der Waals surface area (Å²) in [6.45, 7) is 5.75.